The first-order chi connectivity index (χ1) is 16.9. The summed E-state index contributed by atoms with van der Waals surface area (Å²) in [7, 11) is 0. The second kappa shape index (κ2) is 13.6. The maximum Gasteiger partial charge on any atom is 0.254 e. The first-order valence-corrected chi connectivity index (χ1v) is 13.2. The molecule has 186 valence electrons. The van der Waals surface area contributed by atoms with E-state index in [0.29, 0.717) is 54.9 Å². The highest BCUT2D eigenvalue weighted by Gasteiger charge is 2.24. The summed E-state index contributed by atoms with van der Waals surface area (Å²) in [5.74, 6) is -0.411. The molecular weight excluding hydrogens is 503 g/mol. The number of nitrogens with zero attached hydrogens (tertiary/aromatic N) is 2. The summed E-state index contributed by atoms with van der Waals surface area (Å²) >= 11 is 13.9. The van der Waals surface area contributed by atoms with Gasteiger partial charge >= 0.3 is 0 Å². The van der Waals surface area contributed by atoms with Gasteiger partial charge in [-0.15, -0.1) is 11.3 Å². The molecule has 35 heavy (non-hydrogen) atoms. The van der Waals surface area contributed by atoms with Crippen molar-refractivity contribution in [1.29, 1.82) is 0 Å². The summed E-state index contributed by atoms with van der Waals surface area (Å²) in [6.45, 7) is 6.35. The Morgan fingerprint density at radius 1 is 0.971 bits per heavy atom. The molecule has 5 nitrogen and oxygen atoms in total. The average Bonchev–Trinajstić information content (AvgIpc) is 3.24. The summed E-state index contributed by atoms with van der Waals surface area (Å²) in [6.07, 6.45) is 0.615. The molecule has 0 aliphatic carbocycles. The number of carbonyl (C=O) groups is 2. The number of hydrogen-bond acceptors (Lipinski definition) is 4. The van der Waals surface area contributed by atoms with Crippen molar-refractivity contribution < 1.29 is 14.3 Å². The van der Waals surface area contributed by atoms with E-state index in [2.05, 4.69) is 6.07 Å². The Morgan fingerprint density at radius 3 is 2.31 bits per heavy atom. The lowest BCUT2D eigenvalue weighted by Crippen LogP contribution is -2.43. The zero-order valence-electron chi connectivity index (χ0n) is 20.0. The number of hydrogen-bond donors (Lipinski definition) is 0. The van der Waals surface area contributed by atoms with Gasteiger partial charge in [-0.3, -0.25) is 9.59 Å². The molecule has 0 spiro atoms. The number of rotatable bonds is 12. The molecule has 2 amide bonds. The third-order valence-corrected chi connectivity index (χ3v) is 6.96. The average molecular weight is 534 g/mol. The summed E-state index contributed by atoms with van der Waals surface area (Å²) in [5, 5.41) is 2.78. The van der Waals surface area contributed by atoms with E-state index in [0.717, 1.165) is 16.0 Å². The maximum absolute atomic E-state index is 13.6. The number of ether oxygens (including phenoxy) is 1. The van der Waals surface area contributed by atoms with Crippen LogP contribution in [0.1, 0.15) is 39.7 Å². The summed E-state index contributed by atoms with van der Waals surface area (Å²) in [4.78, 5) is 31.5. The van der Waals surface area contributed by atoms with Gasteiger partial charge in [-0.2, -0.15) is 0 Å². The van der Waals surface area contributed by atoms with E-state index >= 15 is 0 Å². The molecule has 0 N–H and O–H groups in total. The molecule has 0 radical (unpaired) electrons. The highest BCUT2D eigenvalue weighted by Crippen LogP contribution is 2.22. The Morgan fingerprint density at radius 2 is 1.69 bits per heavy atom. The van der Waals surface area contributed by atoms with Gasteiger partial charge in [0.25, 0.3) is 5.91 Å². The number of benzene rings is 2. The van der Waals surface area contributed by atoms with E-state index < -0.39 is 0 Å². The number of amides is 2. The highest BCUT2D eigenvalue weighted by molar-refractivity contribution is 7.10. The van der Waals surface area contributed by atoms with Gasteiger partial charge in [0.2, 0.25) is 5.91 Å². The monoisotopic (exact) mass is 532 g/mol. The lowest BCUT2D eigenvalue weighted by Gasteiger charge is -2.28. The number of halogens is 2. The Bertz CT molecular complexity index is 1100. The van der Waals surface area contributed by atoms with E-state index in [1.165, 1.54) is 0 Å². The first-order valence-electron chi connectivity index (χ1n) is 11.5. The van der Waals surface area contributed by atoms with Crippen LogP contribution in [-0.2, 0) is 22.6 Å². The molecule has 2 aromatic carbocycles. The molecule has 0 fully saturated rings. The van der Waals surface area contributed by atoms with E-state index in [1.807, 2.05) is 54.5 Å². The predicted octanol–water partition coefficient (Wildman–Crippen LogP) is 6.46. The normalized spacial score (nSPS) is 10.9. The van der Waals surface area contributed by atoms with Crippen LogP contribution in [0.3, 0.4) is 0 Å². The lowest BCUT2D eigenvalue weighted by atomic mass is 10.1. The zero-order valence-corrected chi connectivity index (χ0v) is 22.3. The molecule has 0 atom stereocenters. The molecule has 1 heterocycles. The summed E-state index contributed by atoms with van der Waals surface area (Å²) in [6, 6.07) is 16.7. The molecule has 0 bridgehead atoms. The van der Waals surface area contributed by atoms with Crippen molar-refractivity contribution in [2.24, 2.45) is 0 Å². The maximum atomic E-state index is 13.6. The van der Waals surface area contributed by atoms with Crippen LogP contribution in [0.4, 0.5) is 0 Å². The van der Waals surface area contributed by atoms with Crippen LogP contribution in [-0.4, -0.2) is 47.9 Å². The van der Waals surface area contributed by atoms with Crippen molar-refractivity contribution >= 4 is 46.4 Å². The SMILES string of the molecule is CCOCCCN(CC(=O)N(Cc1ccccc1)Cc1sccc1C)C(=O)c1cc(Cl)cc(Cl)c1. The fourth-order valence-corrected chi connectivity index (χ4v) is 5.10. The van der Waals surface area contributed by atoms with Gasteiger partial charge in [0, 0.05) is 46.8 Å². The fourth-order valence-electron chi connectivity index (χ4n) is 3.65. The van der Waals surface area contributed by atoms with Crippen LogP contribution in [0.5, 0.6) is 0 Å². The van der Waals surface area contributed by atoms with Crippen molar-refractivity contribution in [3.63, 3.8) is 0 Å². The largest absolute Gasteiger partial charge is 0.382 e. The Labute approximate surface area is 221 Å². The van der Waals surface area contributed by atoms with Crippen LogP contribution >= 0.6 is 34.5 Å². The smallest absolute Gasteiger partial charge is 0.254 e. The topological polar surface area (TPSA) is 49.9 Å². The third kappa shape index (κ3) is 8.36. The highest BCUT2D eigenvalue weighted by atomic mass is 35.5. The standard InChI is InChI=1S/C27H30Cl2N2O3S/c1-3-34-12-7-11-30(27(33)22-14-23(28)16-24(29)15-22)19-26(32)31(17-21-8-5-4-6-9-21)18-25-20(2)10-13-35-25/h4-6,8-10,13-16H,3,7,11-12,17-19H2,1-2H3. The number of carbonyl (C=O) groups excluding carboxylic acids is 2. The third-order valence-electron chi connectivity index (χ3n) is 5.52. The lowest BCUT2D eigenvalue weighted by molar-refractivity contribution is -0.133. The van der Waals surface area contributed by atoms with Gasteiger partial charge in [0.05, 0.1) is 6.54 Å². The van der Waals surface area contributed by atoms with Crippen molar-refractivity contribution in [3.05, 3.63) is 91.6 Å². The van der Waals surface area contributed by atoms with Crippen molar-refractivity contribution in [3.8, 4) is 0 Å². The minimum atomic E-state index is -0.286. The zero-order chi connectivity index (χ0) is 25.2. The second-order valence-corrected chi connectivity index (χ2v) is 10.1. The predicted molar refractivity (Wildman–Crippen MR) is 143 cm³/mol. The summed E-state index contributed by atoms with van der Waals surface area (Å²) < 4.78 is 5.45. The van der Waals surface area contributed by atoms with Gasteiger partial charge in [0.1, 0.15) is 6.54 Å². The molecule has 0 aliphatic heterocycles. The van der Waals surface area contributed by atoms with Gasteiger partial charge in [-0.05, 0) is 61.0 Å². The van der Waals surface area contributed by atoms with Gasteiger partial charge in [-0.25, -0.2) is 0 Å². The Hall–Kier alpha value is -2.38. The molecule has 0 aliphatic rings. The van der Waals surface area contributed by atoms with E-state index in [-0.39, 0.29) is 18.4 Å². The van der Waals surface area contributed by atoms with Crippen molar-refractivity contribution in [2.75, 3.05) is 26.3 Å². The quantitative estimate of drug-likeness (QED) is 0.251. The molecule has 0 saturated carbocycles. The molecule has 0 saturated heterocycles. The van der Waals surface area contributed by atoms with Crippen LogP contribution in [0.2, 0.25) is 10.0 Å². The van der Waals surface area contributed by atoms with Crippen LogP contribution in [0.15, 0.2) is 60.0 Å². The molecule has 3 rings (SSSR count). The minimum absolute atomic E-state index is 0.0493. The van der Waals surface area contributed by atoms with Gasteiger partial charge in [0.15, 0.2) is 0 Å². The molecule has 3 aromatic rings. The molecule has 8 heteroatoms. The Balaban J connectivity index is 1.82. The van der Waals surface area contributed by atoms with E-state index in [1.54, 1.807) is 34.4 Å². The summed E-state index contributed by atoms with van der Waals surface area (Å²) in [5.41, 5.74) is 2.54. The van der Waals surface area contributed by atoms with Crippen LogP contribution in [0.25, 0.3) is 0 Å². The molecular formula is C27H30Cl2N2O3S. The number of thiophene rings is 1. The van der Waals surface area contributed by atoms with Gasteiger partial charge < -0.3 is 14.5 Å². The number of aryl methyl sites for hydroxylation is 1. The fraction of sp³-hybridized carbons (Fsp3) is 0.333. The van der Waals surface area contributed by atoms with Crippen molar-refractivity contribution in [2.45, 2.75) is 33.4 Å². The molecule has 1 aromatic heterocycles. The Kier molecular flexibility index (Phi) is 10.6. The van der Waals surface area contributed by atoms with Crippen LogP contribution in [0, 0.1) is 6.92 Å². The first kappa shape index (κ1) is 27.2. The van der Waals surface area contributed by atoms with E-state index in [4.69, 9.17) is 27.9 Å². The van der Waals surface area contributed by atoms with Crippen molar-refractivity contribution in [1.82, 2.24) is 9.80 Å². The minimum Gasteiger partial charge on any atom is -0.382 e. The van der Waals surface area contributed by atoms with Gasteiger partial charge in [-0.1, -0.05) is 53.5 Å². The van der Waals surface area contributed by atoms with E-state index in [9.17, 15) is 9.59 Å². The second-order valence-electron chi connectivity index (χ2n) is 8.20. The molecule has 0 unspecified atom stereocenters. The van der Waals surface area contributed by atoms with Crippen LogP contribution < -0.4 is 0 Å².